The molecule has 4 fully saturated rings. The second kappa shape index (κ2) is 12.9. The van der Waals surface area contributed by atoms with Gasteiger partial charge >= 0.3 is 0 Å². The summed E-state index contributed by atoms with van der Waals surface area (Å²) >= 11 is 0. The van der Waals surface area contributed by atoms with Crippen molar-refractivity contribution in [3.8, 4) is 0 Å². The predicted molar refractivity (Wildman–Crippen MR) is 163 cm³/mol. The van der Waals surface area contributed by atoms with Crippen LogP contribution < -0.4 is 5.32 Å². The van der Waals surface area contributed by atoms with E-state index in [0.717, 1.165) is 64.3 Å². The molecule has 0 aromatic carbocycles. The fraction of sp³-hybridized carbons (Fsp3) is 0.969. The summed E-state index contributed by atoms with van der Waals surface area (Å²) in [4.78, 5) is 12.7. The van der Waals surface area contributed by atoms with Gasteiger partial charge in [0.05, 0.1) is 51.2 Å². The lowest BCUT2D eigenvalue weighted by atomic mass is 9.43. The number of hydrogen-bond acceptors (Lipinski definition) is 6. The van der Waals surface area contributed by atoms with Gasteiger partial charge in [0.1, 0.15) is 0 Å². The maximum atomic E-state index is 12.7. The van der Waals surface area contributed by atoms with E-state index in [2.05, 4.69) is 26.1 Å². The highest BCUT2D eigenvalue weighted by Crippen LogP contribution is 2.68. The number of fused-ring (bicyclic) bond motifs is 5. The topological polar surface area (TPSA) is 144 Å². The van der Waals surface area contributed by atoms with E-state index < -0.39 is 16.2 Å². The van der Waals surface area contributed by atoms with E-state index in [1.165, 1.54) is 0 Å². The summed E-state index contributed by atoms with van der Waals surface area (Å²) in [5.74, 6) is 1.52. The normalized spacial score (nSPS) is 41.0. The molecule has 0 aromatic heterocycles. The second-order valence-electron chi connectivity index (χ2n) is 15.8. The largest absolute Gasteiger partial charge is 0.393 e. The Labute approximate surface area is 254 Å². The summed E-state index contributed by atoms with van der Waals surface area (Å²) in [5, 5.41) is 36.6. The molecule has 9 nitrogen and oxygen atoms in total. The molecule has 4 aliphatic rings. The van der Waals surface area contributed by atoms with Gasteiger partial charge in [-0.3, -0.25) is 9.35 Å². The lowest BCUT2D eigenvalue weighted by molar-refractivity contribution is -0.890. The number of hydrogen-bond donors (Lipinski definition) is 5. The Morgan fingerprint density at radius 1 is 1.00 bits per heavy atom. The van der Waals surface area contributed by atoms with E-state index in [0.29, 0.717) is 48.2 Å². The van der Waals surface area contributed by atoms with Gasteiger partial charge in [-0.25, -0.2) is 0 Å². The van der Waals surface area contributed by atoms with Crippen molar-refractivity contribution in [2.75, 3.05) is 39.5 Å². The average Bonchev–Trinajstić information content (AvgIpc) is 3.24. The van der Waals surface area contributed by atoms with Crippen molar-refractivity contribution in [1.82, 2.24) is 5.32 Å². The summed E-state index contributed by atoms with van der Waals surface area (Å²) < 4.78 is 31.5. The van der Waals surface area contributed by atoms with Crippen LogP contribution in [-0.2, 0) is 14.9 Å². The van der Waals surface area contributed by atoms with E-state index in [1.807, 2.05) is 14.1 Å². The Morgan fingerprint density at radius 2 is 1.69 bits per heavy atom. The highest BCUT2D eigenvalue weighted by atomic mass is 32.2. The van der Waals surface area contributed by atoms with Gasteiger partial charge in [-0.1, -0.05) is 20.8 Å². The molecule has 0 bridgehead atoms. The van der Waals surface area contributed by atoms with Gasteiger partial charge in [-0.15, -0.1) is 0 Å². The van der Waals surface area contributed by atoms with Crippen molar-refractivity contribution in [3.05, 3.63) is 0 Å². The Bertz CT molecular complexity index is 1050. The van der Waals surface area contributed by atoms with Gasteiger partial charge < -0.3 is 25.1 Å². The summed E-state index contributed by atoms with van der Waals surface area (Å²) in [6.07, 6.45) is 7.47. The lowest BCUT2D eigenvalue weighted by Crippen LogP contribution is -2.62. The third-order valence-electron chi connectivity index (χ3n) is 12.8. The molecule has 0 radical (unpaired) electrons. The number of aliphatic hydroxyl groups excluding tert-OH is 3. The third-order valence-corrected chi connectivity index (χ3v) is 13.6. The van der Waals surface area contributed by atoms with Crippen LogP contribution in [0.2, 0.25) is 0 Å². The highest BCUT2D eigenvalue weighted by Gasteiger charge is 2.65. The summed E-state index contributed by atoms with van der Waals surface area (Å²) in [6, 6.07) is 0. The Morgan fingerprint density at radius 3 is 2.38 bits per heavy atom. The molecular weight excluding hydrogens is 556 g/mol. The van der Waals surface area contributed by atoms with Gasteiger partial charge in [-0.2, -0.15) is 8.42 Å². The zero-order chi connectivity index (χ0) is 31.1. The molecular formula is C32H59N2O7S+. The van der Waals surface area contributed by atoms with Gasteiger partial charge in [-0.05, 0) is 97.7 Å². The second-order valence-corrected chi connectivity index (χ2v) is 17.3. The number of carbonyl (C=O) groups excluding carboxylic acids is 1. The van der Waals surface area contributed by atoms with Crippen LogP contribution in [0, 0.1) is 46.3 Å². The minimum atomic E-state index is -3.93. The Balaban J connectivity index is 1.27. The van der Waals surface area contributed by atoms with Crippen LogP contribution in [0.4, 0.5) is 0 Å². The SMILES string of the molecule is C[C@H](CCC(=O)NCCC[N+](C)(C)CCCS(=O)(=O)O)[C@H]1CC[C@H]2[C@@H]3[C@H](O)C[C@@H]4C[C@H](O)CC[C@@]4(C)[C@H]3C[C@H](O)[C@@]12C. The molecule has 4 saturated carbocycles. The smallest absolute Gasteiger partial charge is 0.265 e. The Hall–Kier alpha value is -0.780. The zero-order valence-corrected chi connectivity index (χ0v) is 27.5. The van der Waals surface area contributed by atoms with E-state index in [1.54, 1.807) is 0 Å². The van der Waals surface area contributed by atoms with Crippen molar-refractivity contribution >= 4 is 16.0 Å². The average molecular weight is 616 g/mol. The molecule has 0 aromatic rings. The van der Waals surface area contributed by atoms with Crippen LogP contribution in [0.15, 0.2) is 0 Å². The predicted octanol–water partition coefficient (Wildman–Crippen LogP) is 3.22. The molecule has 10 heteroatoms. The molecule has 1 amide bonds. The Kier molecular flexibility index (Phi) is 10.5. The molecule has 42 heavy (non-hydrogen) atoms. The van der Waals surface area contributed by atoms with E-state index in [9.17, 15) is 28.5 Å². The minimum absolute atomic E-state index is 0.0450. The summed E-state index contributed by atoms with van der Waals surface area (Å²) in [5.41, 5.74) is -0.185. The number of rotatable bonds is 12. The van der Waals surface area contributed by atoms with Crippen molar-refractivity contribution in [2.45, 2.75) is 110 Å². The van der Waals surface area contributed by atoms with Crippen LogP contribution in [0.25, 0.3) is 0 Å². The number of nitrogens with zero attached hydrogens (tertiary/aromatic N) is 1. The first-order valence-corrected chi connectivity index (χ1v) is 18.2. The summed E-state index contributed by atoms with van der Waals surface area (Å²) in [6.45, 7) is 8.87. The standard InChI is InChI=1S/C32H58N2O7S/c1-21(8-11-29(38)33-14-6-15-34(4,5)16-7-17-42(39,40)41)24-9-10-25-30-26(20-28(37)32(24,25)3)31(2)13-12-23(35)18-22(31)19-27(30)36/h21-28,30,35-37H,6-20H2,1-5H3,(H-,33,38,39,40,41)/p+1/t21-,22+,23-,24-,25+,26+,27-,28+,30+,31-,32+/m1/s1. The fourth-order valence-corrected chi connectivity index (χ4v) is 10.8. The zero-order valence-electron chi connectivity index (χ0n) is 26.7. The number of amides is 1. The molecule has 0 saturated heterocycles. The first kappa shape index (κ1) is 34.1. The number of quaternary nitrogens is 1. The molecule has 0 heterocycles. The van der Waals surface area contributed by atoms with Crippen LogP contribution in [0.5, 0.6) is 0 Å². The lowest BCUT2D eigenvalue weighted by Gasteiger charge is -2.63. The fourth-order valence-electron chi connectivity index (χ4n) is 10.3. The van der Waals surface area contributed by atoms with Crippen molar-refractivity contribution in [2.24, 2.45) is 46.3 Å². The quantitative estimate of drug-likeness (QED) is 0.129. The number of carbonyl (C=O) groups is 1. The van der Waals surface area contributed by atoms with Gasteiger partial charge in [0, 0.05) is 25.8 Å². The van der Waals surface area contributed by atoms with Gasteiger partial charge in [0.15, 0.2) is 0 Å². The first-order chi connectivity index (χ1) is 19.5. The van der Waals surface area contributed by atoms with Crippen LogP contribution in [-0.4, -0.2) is 96.5 Å². The van der Waals surface area contributed by atoms with Gasteiger partial charge in [0.25, 0.3) is 10.1 Å². The first-order valence-electron chi connectivity index (χ1n) is 16.6. The number of aliphatic hydroxyl groups is 3. The third kappa shape index (κ3) is 7.20. The van der Waals surface area contributed by atoms with Crippen LogP contribution in [0.3, 0.4) is 0 Å². The van der Waals surface area contributed by atoms with Crippen molar-refractivity contribution in [1.29, 1.82) is 0 Å². The maximum Gasteiger partial charge on any atom is 0.265 e. The molecule has 0 unspecified atom stereocenters. The van der Waals surface area contributed by atoms with Crippen molar-refractivity contribution in [3.63, 3.8) is 0 Å². The van der Waals surface area contributed by atoms with Crippen molar-refractivity contribution < 1.29 is 37.6 Å². The van der Waals surface area contributed by atoms with Crippen LogP contribution in [0.1, 0.15) is 91.4 Å². The van der Waals surface area contributed by atoms with E-state index in [4.69, 9.17) is 4.55 Å². The monoisotopic (exact) mass is 615 g/mol. The summed E-state index contributed by atoms with van der Waals surface area (Å²) in [7, 11) is 0.114. The molecule has 4 rings (SSSR count). The molecule has 0 aliphatic heterocycles. The maximum absolute atomic E-state index is 12.7. The van der Waals surface area contributed by atoms with E-state index in [-0.39, 0.29) is 52.5 Å². The van der Waals surface area contributed by atoms with E-state index >= 15 is 0 Å². The minimum Gasteiger partial charge on any atom is -0.393 e. The highest BCUT2D eigenvalue weighted by molar-refractivity contribution is 7.85. The van der Waals surface area contributed by atoms with Crippen LogP contribution >= 0.6 is 0 Å². The molecule has 5 N–H and O–H groups in total. The molecule has 4 aliphatic carbocycles. The molecule has 0 spiro atoms. The van der Waals surface area contributed by atoms with Gasteiger partial charge in [0.2, 0.25) is 5.91 Å². The number of nitrogens with one attached hydrogen (secondary N) is 1. The molecule has 244 valence electrons. The molecule has 11 atom stereocenters.